The Hall–Kier alpha value is -1.68. The van der Waals surface area contributed by atoms with E-state index < -0.39 is 12.1 Å². The van der Waals surface area contributed by atoms with Gasteiger partial charge in [0, 0.05) is 31.6 Å². The molecule has 158 valence electrons. The fourth-order valence-electron chi connectivity index (χ4n) is 3.21. The Morgan fingerprint density at radius 1 is 1.45 bits per heavy atom. The highest BCUT2D eigenvalue weighted by molar-refractivity contribution is 7.17. The molecule has 2 aromatic rings. The van der Waals surface area contributed by atoms with E-state index in [2.05, 4.69) is 9.97 Å². The maximum Gasteiger partial charge on any atom is 0.288 e. The molecular weight excluding hydrogens is 442 g/mol. The molecule has 3 rings (SSSR count). The summed E-state index contributed by atoms with van der Waals surface area (Å²) in [6.07, 6.45) is 0.784. The molecule has 1 saturated heterocycles. The Kier molecular flexibility index (Phi) is 6.83. The van der Waals surface area contributed by atoms with Crippen molar-refractivity contribution >= 4 is 51.4 Å². The number of H-pyrrole nitrogens is 1. The van der Waals surface area contributed by atoms with Gasteiger partial charge in [-0.2, -0.15) is 0 Å². The number of ketones is 1. The van der Waals surface area contributed by atoms with Gasteiger partial charge in [0.2, 0.25) is 0 Å². The van der Waals surface area contributed by atoms with Crippen LogP contribution in [0.4, 0.5) is 9.52 Å². The van der Waals surface area contributed by atoms with Crippen LogP contribution in [-0.2, 0) is 4.84 Å². The Balaban J connectivity index is 1.62. The molecule has 2 atom stereocenters. The monoisotopic (exact) mass is 462 g/mol. The van der Waals surface area contributed by atoms with Crippen molar-refractivity contribution in [2.75, 3.05) is 32.1 Å². The molecule has 0 spiro atoms. The predicted molar refractivity (Wildman–Crippen MR) is 111 cm³/mol. The molecule has 1 fully saturated rings. The lowest BCUT2D eigenvalue weighted by molar-refractivity contribution is -0.0754. The Bertz CT molecular complexity index is 919. The van der Waals surface area contributed by atoms with Crippen LogP contribution in [0.25, 0.3) is 0 Å². The minimum absolute atomic E-state index is 0.0469. The van der Waals surface area contributed by atoms with E-state index in [4.69, 9.17) is 28.0 Å². The van der Waals surface area contributed by atoms with Crippen molar-refractivity contribution < 1.29 is 18.8 Å². The summed E-state index contributed by atoms with van der Waals surface area (Å²) >= 11 is 13.3. The Labute approximate surface area is 181 Å². The third kappa shape index (κ3) is 4.58. The largest absolute Gasteiger partial charge is 0.354 e. The van der Waals surface area contributed by atoms with Gasteiger partial charge in [-0.05, 0) is 13.3 Å². The number of aryl methyl sites for hydroxylation is 1. The van der Waals surface area contributed by atoms with Crippen LogP contribution in [0.3, 0.4) is 0 Å². The lowest BCUT2D eigenvalue weighted by Gasteiger charge is -2.34. The summed E-state index contributed by atoms with van der Waals surface area (Å²) in [6.45, 7) is 2.37. The van der Waals surface area contributed by atoms with Gasteiger partial charge >= 0.3 is 0 Å². The van der Waals surface area contributed by atoms with Crippen molar-refractivity contribution in [2.45, 2.75) is 25.9 Å². The molecule has 1 aliphatic rings. The Morgan fingerprint density at radius 3 is 2.76 bits per heavy atom. The standard InChI is InChI=1S/C18H21Cl2FN4O3S/c1-9-14(19)15(20)16(23-9)12(26)6-10-4-5-25(8-11(10)21)18-22-7-13(29-18)17(27)24(2)28-3/h7,10-11,23H,4-6,8H2,1-3H3/t10-,11-/m0/s1. The fraction of sp³-hybridized carbons (Fsp3) is 0.500. The Morgan fingerprint density at radius 2 is 2.17 bits per heavy atom. The summed E-state index contributed by atoms with van der Waals surface area (Å²) in [7, 11) is 2.90. The topological polar surface area (TPSA) is 78.5 Å². The number of carbonyl (C=O) groups excluding carboxylic acids is 2. The van der Waals surface area contributed by atoms with Gasteiger partial charge in [0.25, 0.3) is 5.91 Å². The SMILES string of the molecule is CON(C)C(=O)c1cnc(N2CC[C@@H](CC(=O)c3[nH]c(C)c(Cl)c3Cl)[C@@H](F)C2)s1. The van der Waals surface area contributed by atoms with Gasteiger partial charge in [-0.3, -0.25) is 14.4 Å². The maximum atomic E-state index is 14.8. The molecule has 1 aliphatic heterocycles. The van der Waals surface area contributed by atoms with Crippen LogP contribution >= 0.6 is 34.5 Å². The molecule has 0 aliphatic carbocycles. The van der Waals surface area contributed by atoms with Crippen LogP contribution in [-0.4, -0.2) is 60.1 Å². The van der Waals surface area contributed by atoms with Gasteiger partial charge in [-0.15, -0.1) is 0 Å². The van der Waals surface area contributed by atoms with Gasteiger partial charge in [-0.25, -0.2) is 14.4 Å². The van der Waals surface area contributed by atoms with Gasteiger partial charge in [0.1, 0.15) is 16.7 Å². The van der Waals surface area contributed by atoms with Gasteiger partial charge in [0.15, 0.2) is 10.9 Å². The molecule has 2 aromatic heterocycles. The number of anilines is 1. The van der Waals surface area contributed by atoms with Crippen molar-refractivity contribution in [1.29, 1.82) is 0 Å². The van der Waals surface area contributed by atoms with E-state index in [0.717, 1.165) is 5.06 Å². The number of hydrogen-bond donors (Lipinski definition) is 1. The summed E-state index contributed by atoms with van der Waals surface area (Å²) in [5, 5.41) is 2.17. The number of rotatable bonds is 6. The zero-order valence-corrected chi connectivity index (χ0v) is 18.5. The first-order valence-electron chi connectivity index (χ1n) is 8.96. The third-order valence-corrected chi connectivity index (χ3v) is 6.98. The number of carbonyl (C=O) groups is 2. The summed E-state index contributed by atoms with van der Waals surface area (Å²) in [6, 6.07) is 0. The third-order valence-electron chi connectivity index (χ3n) is 4.99. The summed E-state index contributed by atoms with van der Waals surface area (Å²) in [5.74, 6) is -0.987. The zero-order valence-electron chi connectivity index (χ0n) is 16.2. The number of aromatic nitrogens is 2. The number of piperidine rings is 1. The molecule has 11 heteroatoms. The van der Waals surface area contributed by atoms with Crippen LogP contribution in [0.1, 0.15) is 38.7 Å². The first-order valence-corrected chi connectivity index (χ1v) is 10.5. The number of hydroxylamine groups is 2. The lowest BCUT2D eigenvalue weighted by Crippen LogP contribution is -2.42. The second-order valence-corrected chi connectivity index (χ2v) is 8.65. The summed E-state index contributed by atoms with van der Waals surface area (Å²) in [5.41, 5.74) is 0.842. The summed E-state index contributed by atoms with van der Waals surface area (Å²) < 4.78 is 14.8. The number of alkyl halides is 1. The van der Waals surface area contributed by atoms with E-state index in [-0.39, 0.29) is 35.4 Å². The van der Waals surface area contributed by atoms with Gasteiger partial charge < -0.3 is 9.88 Å². The smallest absolute Gasteiger partial charge is 0.288 e. The number of aromatic amines is 1. The van der Waals surface area contributed by atoms with E-state index in [1.165, 1.54) is 31.7 Å². The number of halogens is 3. The molecule has 7 nitrogen and oxygen atoms in total. The van der Waals surface area contributed by atoms with Crippen LogP contribution < -0.4 is 4.90 Å². The normalized spacial score (nSPS) is 19.4. The van der Waals surface area contributed by atoms with Crippen LogP contribution in [0.2, 0.25) is 10.0 Å². The van der Waals surface area contributed by atoms with Gasteiger partial charge in [-0.1, -0.05) is 34.5 Å². The van der Waals surface area contributed by atoms with Crippen LogP contribution in [0, 0.1) is 12.8 Å². The fourth-order valence-corrected chi connectivity index (χ4v) is 4.56. The first kappa shape index (κ1) is 22.0. The van der Waals surface area contributed by atoms with E-state index in [1.807, 2.05) is 0 Å². The number of nitrogens with one attached hydrogen (secondary N) is 1. The quantitative estimate of drug-likeness (QED) is 0.514. The predicted octanol–water partition coefficient (Wildman–Crippen LogP) is 4.16. The minimum Gasteiger partial charge on any atom is -0.354 e. The number of thiazole rings is 1. The van der Waals surface area contributed by atoms with Gasteiger partial charge in [0.05, 0.1) is 29.9 Å². The highest BCUT2D eigenvalue weighted by atomic mass is 35.5. The zero-order chi connectivity index (χ0) is 21.3. The van der Waals surface area contributed by atoms with E-state index >= 15 is 0 Å². The lowest BCUT2D eigenvalue weighted by atomic mass is 9.89. The number of hydrogen-bond acceptors (Lipinski definition) is 6. The average Bonchev–Trinajstić information content (AvgIpc) is 3.29. The first-order chi connectivity index (χ1) is 13.7. The average molecular weight is 463 g/mol. The molecule has 29 heavy (non-hydrogen) atoms. The van der Waals surface area contributed by atoms with Crippen molar-refractivity contribution in [2.24, 2.45) is 5.92 Å². The van der Waals surface area contributed by atoms with Crippen LogP contribution in [0.5, 0.6) is 0 Å². The molecule has 0 saturated carbocycles. The van der Waals surface area contributed by atoms with Crippen LogP contribution in [0.15, 0.2) is 6.20 Å². The summed E-state index contributed by atoms with van der Waals surface area (Å²) in [4.78, 5) is 38.9. The van der Waals surface area contributed by atoms with Crippen molar-refractivity contribution in [1.82, 2.24) is 15.0 Å². The van der Waals surface area contributed by atoms with Crippen molar-refractivity contribution in [3.63, 3.8) is 0 Å². The number of amides is 1. The molecule has 0 radical (unpaired) electrons. The minimum atomic E-state index is -1.21. The second kappa shape index (κ2) is 8.99. The highest BCUT2D eigenvalue weighted by Gasteiger charge is 2.33. The van der Waals surface area contributed by atoms with E-state index in [0.29, 0.717) is 33.7 Å². The molecule has 3 heterocycles. The number of Topliss-reactive ketones (excluding diaryl/α,β-unsaturated/α-hetero) is 1. The molecule has 0 aromatic carbocycles. The molecule has 1 N–H and O–H groups in total. The molecular formula is C18H21Cl2FN4O3S. The van der Waals surface area contributed by atoms with Crippen molar-refractivity contribution in [3.05, 3.63) is 32.5 Å². The van der Waals surface area contributed by atoms with E-state index in [1.54, 1.807) is 11.8 Å². The number of nitrogens with zero attached hydrogens (tertiary/aromatic N) is 3. The highest BCUT2D eigenvalue weighted by Crippen LogP contribution is 2.34. The molecule has 0 unspecified atom stereocenters. The molecule has 0 bridgehead atoms. The maximum absolute atomic E-state index is 14.8. The molecule has 1 amide bonds. The second-order valence-electron chi connectivity index (χ2n) is 6.88. The van der Waals surface area contributed by atoms with E-state index in [9.17, 15) is 14.0 Å². The van der Waals surface area contributed by atoms with Crippen molar-refractivity contribution in [3.8, 4) is 0 Å².